The third-order valence-electron chi connectivity index (χ3n) is 14.4. The molecule has 3 atom stereocenters. The smallest absolute Gasteiger partial charge is 0.407 e. The largest absolute Gasteiger partial charge is 0.444 e. The standard InChI is InChI=1S/C67H101F2N9O17S/c1-48(2)60(74-56(80)21-27-87-29-31-89-33-35-91-37-39-93-41-42-94-40-38-92-36-34-90-32-30-88-28-23-71-55(79)20-25-77-57(81)18-19-58(77)82)64(85)76(49(3)62(70)84)26-43-96-47-59(83)78(24-13-22-72-65(86)95-67(7,8)9)61(66(4,5)6)63-73-54(52-44-51(68)16-17-53(52)69)46-75(63)45-50-14-11-10-12-15-50/h10-12,14-19,44,46,48-49,60-61H,13,20-43,45,47H2,1-9H3,(H2,70,84)(H,71,79)(H,72,86)(H,74,80)/t49-,60-,61-/m0/s1. The molecule has 2 heterocycles. The first-order valence-corrected chi connectivity index (χ1v) is 33.6. The molecule has 0 radical (unpaired) electrons. The third kappa shape index (κ3) is 31.5. The summed E-state index contributed by atoms with van der Waals surface area (Å²) in [5.74, 6) is -4.36. The number of carbonyl (C=O) groups excluding carboxylic acids is 8. The van der Waals surface area contributed by atoms with Crippen LogP contribution >= 0.6 is 11.8 Å². The molecule has 96 heavy (non-hydrogen) atoms. The van der Waals surface area contributed by atoms with Crippen LogP contribution in [0.25, 0.3) is 11.3 Å². The van der Waals surface area contributed by atoms with Gasteiger partial charge in [0.05, 0.1) is 123 Å². The summed E-state index contributed by atoms with van der Waals surface area (Å²) in [6.45, 7) is 22.3. The minimum atomic E-state index is -1.07. The normalized spacial score (nSPS) is 13.4. The lowest BCUT2D eigenvalue weighted by Crippen LogP contribution is -2.56. The zero-order valence-corrected chi connectivity index (χ0v) is 58.0. The number of carbonyl (C=O) groups is 8. The molecule has 26 nitrogen and oxygen atoms in total. The highest BCUT2D eigenvalue weighted by molar-refractivity contribution is 7.99. The number of aromatic nitrogens is 2. The van der Waals surface area contributed by atoms with Gasteiger partial charge in [-0.3, -0.25) is 38.5 Å². The fourth-order valence-corrected chi connectivity index (χ4v) is 10.3. The number of benzene rings is 2. The van der Waals surface area contributed by atoms with Gasteiger partial charge in [-0.05, 0) is 69.2 Å². The fraction of sp³-hybridized carbons (Fsp3) is 0.627. The van der Waals surface area contributed by atoms with E-state index in [1.54, 1.807) is 45.7 Å². The van der Waals surface area contributed by atoms with Gasteiger partial charge < -0.3 is 78.7 Å². The van der Waals surface area contributed by atoms with E-state index < -0.39 is 82.3 Å². The predicted molar refractivity (Wildman–Crippen MR) is 355 cm³/mol. The van der Waals surface area contributed by atoms with Crippen molar-refractivity contribution in [1.29, 1.82) is 0 Å². The molecule has 0 spiro atoms. The van der Waals surface area contributed by atoms with Gasteiger partial charge in [0.25, 0.3) is 11.8 Å². The summed E-state index contributed by atoms with van der Waals surface area (Å²) in [4.78, 5) is 112. The van der Waals surface area contributed by atoms with Gasteiger partial charge in [0.2, 0.25) is 29.5 Å². The van der Waals surface area contributed by atoms with E-state index in [0.717, 1.165) is 28.7 Å². The highest BCUT2D eigenvalue weighted by Gasteiger charge is 2.39. The molecule has 536 valence electrons. The summed E-state index contributed by atoms with van der Waals surface area (Å²) in [5.41, 5.74) is 5.36. The van der Waals surface area contributed by atoms with E-state index in [1.807, 2.05) is 55.7 Å². The number of halogens is 2. The summed E-state index contributed by atoms with van der Waals surface area (Å²) in [6, 6.07) is 9.83. The lowest BCUT2D eigenvalue weighted by molar-refractivity contribution is -0.142. The summed E-state index contributed by atoms with van der Waals surface area (Å²) in [6.07, 6.45) is 3.66. The van der Waals surface area contributed by atoms with E-state index in [0.29, 0.717) is 105 Å². The van der Waals surface area contributed by atoms with E-state index >= 15 is 4.39 Å². The summed E-state index contributed by atoms with van der Waals surface area (Å²) >= 11 is 1.22. The van der Waals surface area contributed by atoms with Crippen LogP contribution < -0.4 is 21.7 Å². The summed E-state index contributed by atoms with van der Waals surface area (Å²) in [7, 11) is 0. The SMILES string of the molecule is CC(C)[C@H](NC(=O)CCOCCOCCOCCOCCOCCOCCOCCOCCNC(=O)CCN1C(=O)C=CC1=O)C(=O)N(CCSCC(=O)N(CCCNC(=O)OC(C)(C)C)[C@@H](c1nc(-c2cc(F)ccc2F)cn1Cc1ccccc1)C(C)(C)C)[C@@H](C)C(N)=O. The monoisotopic (exact) mass is 1370 g/mol. The van der Waals surface area contributed by atoms with Crippen LogP contribution in [0, 0.1) is 23.0 Å². The van der Waals surface area contributed by atoms with Crippen LogP contribution in [-0.2, 0) is 82.7 Å². The number of imidazole rings is 1. The van der Waals surface area contributed by atoms with E-state index in [-0.39, 0.29) is 100.0 Å². The van der Waals surface area contributed by atoms with Crippen LogP contribution in [0.5, 0.6) is 0 Å². The Kier molecular flexibility index (Phi) is 37.4. The summed E-state index contributed by atoms with van der Waals surface area (Å²) < 4.78 is 81.6. The molecule has 5 N–H and O–H groups in total. The van der Waals surface area contributed by atoms with Crippen LogP contribution in [0.3, 0.4) is 0 Å². The van der Waals surface area contributed by atoms with Crippen molar-refractivity contribution in [3.63, 3.8) is 0 Å². The molecule has 2 aromatic carbocycles. The second kappa shape index (κ2) is 44.1. The van der Waals surface area contributed by atoms with Crippen molar-refractivity contribution >= 4 is 59.2 Å². The first kappa shape index (κ1) is 81.5. The predicted octanol–water partition coefficient (Wildman–Crippen LogP) is 5.24. The van der Waals surface area contributed by atoms with Gasteiger partial charge in [-0.2, -0.15) is 11.8 Å². The Labute approximate surface area is 567 Å². The number of thioether (sulfide) groups is 1. The van der Waals surface area contributed by atoms with E-state index in [2.05, 4.69) is 16.0 Å². The molecule has 0 aliphatic carbocycles. The Morgan fingerprint density at radius 3 is 1.72 bits per heavy atom. The molecular formula is C67H101F2N9O17S. The number of amides is 8. The number of rotatable bonds is 49. The Morgan fingerprint density at radius 2 is 1.20 bits per heavy atom. The molecule has 0 bridgehead atoms. The lowest BCUT2D eigenvalue weighted by Gasteiger charge is -2.40. The van der Waals surface area contributed by atoms with Gasteiger partial charge in [-0.1, -0.05) is 65.0 Å². The molecule has 29 heteroatoms. The van der Waals surface area contributed by atoms with Crippen LogP contribution in [0.15, 0.2) is 66.9 Å². The van der Waals surface area contributed by atoms with Gasteiger partial charge in [0.1, 0.15) is 35.1 Å². The number of hydrogen-bond acceptors (Lipinski definition) is 19. The molecule has 8 amide bonds. The Morgan fingerprint density at radius 1 is 0.656 bits per heavy atom. The number of nitrogens with zero attached hydrogens (tertiary/aromatic N) is 5. The molecule has 1 aliphatic heterocycles. The van der Waals surface area contributed by atoms with Gasteiger partial charge in [0.15, 0.2) is 0 Å². The van der Waals surface area contributed by atoms with E-state index in [4.69, 9.17) is 53.3 Å². The number of nitrogens with one attached hydrogen (secondary N) is 3. The Balaban J connectivity index is 1.14. The van der Waals surface area contributed by atoms with Crippen molar-refractivity contribution in [2.24, 2.45) is 17.1 Å². The van der Waals surface area contributed by atoms with E-state index in [1.165, 1.54) is 35.7 Å². The molecule has 1 aromatic heterocycles. The Bertz CT molecular complexity index is 2890. The molecule has 4 rings (SSSR count). The first-order chi connectivity index (χ1) is 45.8. The number of hydrogen-bond donors (Lipinski definition) is 4. The van der Waals surface area contributed by atoms with Crippen LogP contribution in [0.1, 0.15) is 99.0 Å². The quantitative estimate of drug-likeness (QED) is 0.0415. The van der Waals surface area contributed by atoms with Crippen LogP contribution in [-0.4, -0.2) is 239 Å². The average Bonchev–Trinajstić information content (AvgIpc) is 1.40. The lowest BCUT2D eigenvalue weighted by atomic mass is 9.84. The first-order valence-electron chi connectivity index (χ1n) is 32.5. The Hall–Kier alpha value is -6.96. The molecule has 0 unspecified atom stereocenters. The van der Waals surface area contributed by atoms with Crippen molar-refractivity contribution in [2.75, 3.05) is 150 Å². The maximum Gasteiger partial charge on any atom is 0.407 e. The number of nitrogens with two attached hydrogens (primary N) is 1. The van der Waals surface area contributed by atoms with Crippen molar-refractivity contribution in [2.45, 2.75) is 112 Å². The second-order valence-corrected chi connectivity index (χ2v) is 25.8. The van der Waals surface area contributed by atoms with Gasteiger partial charge in [0, 0.05) is 81.8 Å². The summed E-state index contributed by atoms with van der Waals surface area (Å²) in [5, 5.41) is 8.25. The van der Waals surface area contributed by atoms with Gasteiger partial charge in [-0.25, -0.2) is 18.6 Å². The third-order valence-corrected chi connectivity index (χ3v) is 15.3. The minimum absolute atomic E-state index is 0.00473. The molecule has 0 fully saturated rings. The second-order valence-electron chi connectivity index (χ2n) is 24.7. The van der Waals surface area contributed by atoms with Crippen LogP contribution in [0.4, 0.5) is 13.6 Å². The van der Waals surface area contributed by atoms with Crippen molar-refractivity contribution < 1.29 is 89.8 Å². The van der Waals surface area contributed by atoms with Gasteiger partial charge in [-0.15, -0.1) is 0 Å². The number of imide groups is 1. The highest BCUT2D eigenvalue weighted by Crippen LogP contribution is 2.40. The minimum Gasteiger partial charge on any atom is -0.444 e. The molecule has 1 aliphatic rings. The maximum atomic E-state index is 15.4. The van der Waals surface area contributed by atoms with Crippen molar-refractivity contribution in [1.82, 2.24) is 40.2 Å². The van der Waals surface area contributed by atoms with E-state index in [9.17, 15) is 42.7 Å². The zero-order chi connectivity index (χ0) is 70.5. The zero-order valence-electron chi connectivity index (χ0n) is 57.2. The molecular weight excluding hydrogens is 1270 g/mol. The fourth-order valence-electron chi connectivity index (χ4n) is 9.54. The highest BCUT2D eigenvalue weighted by atomic mass is 32.2. The van der Waals surface area contributed by atoms with Gasteiger partial charge >= 0.3 is 6.09 Å². The van der Waals surface area contributed by atoms with Crippen molar-refractivity contribution in [3.05, 3.63) is 89.9 Å². The maximum absolute atomic E-state index is 15.4. The van der Waals surface area contributed by atoms with Crippen molar-refractivity contribution in [3.8, 4) is 11.3 Å². The number of primary amides is 1. The molecule has 0 saturated carbocycles. The molecule has 0 saturated heterocycles. The number of alkyl carbamates (subject to hydrolysis) is 1. The average molecular weight is 1370 g/mol. The molecule has 3 aromatic rings. The van der Waals surface area contributed by atoms with Crippen LogP contribution in [0.2, 0.25) is 0 Å². The number of ether oxygens (including phenoxy) is 9. The topological polar surface area (TPSA) is 309 Å².